The quantitative estimate of drug-likeness (QED) is 0.620. The number of nitrogens with zero attached hydrogens (tertiary/aromatic N) is 1. The van der Waals surface area contributed by atoms with Gasteiger partial charge in [0.05, 0.1) is 17.7 Å². The van der Waals surface area contributed by atoms with Crippen LogP contribution in [0.5, 0.6) is 0 Å². The maximum absolute atomic E-state index is 12.4. The molecule has 2 aromatic rings. The summed E-state index contributed by atoms with van der Waals surface area (Å²) in [4.78, 5) is 28.5. The Labute approximate surface area is 147 Å². The highest BCUT2D eigenvalue weighted by atomic mass is 16.5. The first-order chi connectivity index (χ1) is 12.0. The largest absolute Gasteiger partial charge is 0.464 e. The standard InChI is InChI=1S/C20H24N2O3/c1-3-4-11-25-18(23)13-22-19(24)16-7-10-21-17-12-14(5-6-15(16)17)20(2)8-9-20/h5-7,10,12H,3-4,8-9,11,13H2,1-2H3,(H,22,24). The van der Waals surface area contributed by atoms with E-state index in [0.29, 0.717) is 12.2 Å². The molecule has 1 heterocycles. The second-order valence-corrected chi connectivity index (χ2v) is 6.91. The van der Waals surface area contributed by atoms with Crippen molar-refractivity contribution in [2.45, 2.75) is 44.9 Å². The fourth-order valence-electron chi connectivity index (χ4n) is 2.83. The number of hydrogen-bond donors (Lipinski definition) is 1. The zero-order chi connectivity index (χ0) is 17.9. The topological polar surface area (TPSA) is 68.3 Å². The molecule has 1 saturated carbocycles. The van der Waals surface area contributed by atoms with Crippen LogP contribution in [0.1, 0.15) is 55.5 Å². The number of benzene rings is 1. The van der Waals surface area contributed by atoms with Crippen molar-refractivity contribution in [1.29, 1.82) is 0 Å². The van der Waals surface area contributed by atoms with Gasteiger partial charge in [-0.1, -0.05) is 32.4 Å². The predicted molar refractivity (Wildman–Crippen MR) is 96.5 cm³/mol. The normalized spacial score (nSPS) is 15.0. The predicted octanol–water partition coefficient (Wildman–Crippen LogP) is 3.36. The number of ether oxygens (including phenoxy) is 1. The zero-order valence-electron chi connectivity index (χ0n) is 14.8. The van der Waals surface area contributed by atoms with Crippen LogP contribution in [0.15, 0.2) is 30.5 Å². The fraction of sp³-hybridized carbons (Fsp3) is 0.450. The fourth-order valence-corrected chi connectivity index (χ4v) is 2.83. The van der Waals surface area contributed by atoms with Crippen LogP contribution in [0.3, 0.4) is 0 Å². The van der Waals surface area contributed by atoms with Gasteiger partial charge in [0, 0.05) is 11.6 Å². The Morgan fingerprint density at radius 1 is 1.28 bits per heavy atom. The van der Waals surface area contributed by atoms with Crippen molar-refractivity contribution in [2.24, 2.45) is 0 Å². The number of nitrogens with one attached hydrogen (secondary N) is 1. The average Bonchev–Trinajstić information content (AvgIpc) is 3.37. The number of hydrogen-bond acceptors (Lipinski definition) is 4. The lowest BCUT2D eigenvalue weighted by atomic mass is 9.96. The van der Waals surface area contributed by atoms with E-state index in [2.05, 4.69) is 29.4 Å². The molecule has 0 spiro atoms. The summed E-state index contributed by atoms with van der Waals surface area (Å²) >= 11 is 0. The van der Waals surface area contributed by atoms with E-state index < -0.39 is 5.97 Å². The van der Waals surface area contributed by atoms with Crippen molar-refractivity contribution in [3.63, 3.8) is 0 Å². The number of esters is 1. The number of carbonyl (C=O) groups excluding carboxylic acids is 2. The minimum atomic E-state index is -0.413. The Morgan fingerprint density at radius 3 is 2.80 bits per heavy atom. The number of pyridine rings is 1. The highest BCUT2D eigenvalue weighted by molar-refractivity contribution is 6.06. The summed E-state index contributed by atoms with van der Waals surface area (Å²) in [5.74, 6) is -0.700. The molecule has 0 saturated heterocycles. The van der Waals surface area contributed by atoms with Gasteiger partial charge in [-0.2, -0.15) is 0 Å². The molecule has 0 atom stereocenters. The second-order valence-electron chi connectivity index (χ2n) is 6.91. The van der Waals surface area contributed by atoms with Crippen molar-refractivity contribution in [2.75, 3.05) is 13.2 Å². The smallest absolute Gasteiger partial charge is 0.325 e. The summed E-state index contributed by atoms with van der Waals surface area (Å²) in [6.07, 6.45) is 5.81. The van der Waals surface area contributed by atoms with Gasteiger partial charge in [-0.25, -0.2) is 0 Å². The van der Waals surface area contributed by atoms with Gasteiger partial charge >= 0.3 is 5.97 Å². The van der Waals surface area contributed by atoms with Gasteiger partial charge in [-0.05, 0) is 42.4 Å². The Kier molecular flexibility index (Phi) is 5.02. The first kappa shape index (κ1) is 17.4. The van der Waals surface area contributed by atoms with E-state index in [-0.39, 0.29) is 17.9 Å². The van der Waals surface area contributed by atoms with E-state index in [4.69, 9.17) is 4.74 Å². The summed E-state index contributed by atoms with van der Waals surface area (Å²) in [7, 11) is 0. The third-order valence-corrected chi connectivity index (χ3v) is 4.84. The third kappa shape index (κ3) is 3.98. The number of aromatic nitrogens is 1. The minimum Gasteiger partial charge on any atom is -0.464 e. The Hall–Kier alpha value is -2.43. The molecular formula is C20H24N2O3. The van der Waals surface area contributed by atoms with Crippen LogP contribution in [-0.4, -0.2) is 30.0 Å². The van der Waals surface area contributed by atoms with Gasteiger partial charge in [0.2, 0.25) is 0 Å². The van der Waals surface area contributed by atoms with Crippen LogP contribution >= 0.6 is 0 Å². The van der Waals surface area contributed by atoms with Gasteiger partial charge in [0.15, 0.2) is 0 Å². The van der Waals surface area contributed by atoms with Crippen LogP contribution in [-0.2, 0) is 14.9 Å². The van der Waals surface area contributed by atoms with E-state index in [1.807, 2.05) is 13.0 Å². The van der Waals surface area contributed by atoms with Gasteiger partial charge in [-0.3, -0.25) is 14.6 Å². The summed E-state index contributed by atoms with van der Waals surface area (Å²) < 4.78 is 5.05. The molecule has 1 aliphatic carbocycles. The average molecular weight is 340 g/mol. The number of fused-ring (bicyclic) bond motifs is 1. The van der Waals surface area contributed by atoms with Crippen molar-refractivity contribution >= 4 is 22.8 Å². The van der Waals surface area contributed by atoms with E-state index in [1.165, 1.54) is 18.4 Å². The molecule has 0 aliphatic heterocycles. The van der Waals surface area contributed by atoms with Crippen molar-refractivity contribution < 1.29 is 14.3 Å². The Bertz CT molecular complexity index is 797. The molecule has 0 bridgehead atoms. The summed E-state index contributed by atoms with van der Waals surface area (Å²) in [6.45, 7) is 4.54. The van der Waals surface area contributed by atoms with Gasteiger partial charge < -0.3 is 10.1 Å². The number of rotatable bonds is 7. The maximum Gasteiger partial charge on any atom is 0.325 e. The lowest BCUT2D eigenvalue weighted by Gasteiger charge is -2.12. The zero-order valence-corrected chi connectivity index (χ0v) is 14.8. The SMILES string of the molecule is CCCCOC(=O)CNC(=O)c1ccnc2cc(C3(C)CC3)ccc12. The van der Waals surface area contributed by atoms with Crippen LogP contribution in [0.2, 0.25) is 0 Å². The van der Waals surface area contributed by atoms with Gasteiger partial charge in [0.1, 0.15) is 6.54 Å². The first-order valence-corrected chi connectivity index (χ1v) is 8.86. The lowest BCUT2D eigenvalue weighted by Crippen LogP contribution is -2.31. The molecule has 5 heteroatoms. The number of unbranched alkanes of at least 4 members (excludes halogenated alkanes) is 1. The Balaban J connectivity index is 1.70. The van der Waals surface area contributed by atoms with E-state index >= 15 is 0 Å². The lowest BCUT2D eigenvalue weighted by molar-refractivity contribution is -0.142. The molecule has 1 aromatic heterocycles. The molecule has 1 aliphatic rings. The molecule has 1 fully saturated rings. The highest BCUT2D eigenvalue weighted by Crippen LogP contribution is 2.48. The van der Waals surface area contributed by atoms with Crippen LogP contribution < -0.4 is 5.32 Å². The molecular weight excluding hydrogens is 316 g/mol. The molecule has 0 unspecified atom stereocenters. The highest BCUT2D eigenvalue weighted by Gasteiger charge is 2.39. The van der Waals surface area contributed by atoms with Crippen LogP contribution in [0.4, 0.5) is 0 Å². The second kappa shape index (κ2) is 7.21. The van der Waals surface area contributed by atoms with Gasteiger partial charge in [-0.15, -0.1) is 0 Å². The van der Waals surface area contributed by atoms with Crippen LogP contribution in [0, 0.1) is 0 Å². The molecule has 1 aromatic carbocycles. The third-order valence-electron chi connectivity index (χ3n) is 4.84. The molecule has 5 nitrogen and oxygen atoms in total. The van der Waals surface area contributed by atoms with Crippen molar-refractivity contribution in [1.82, 2.24) is 10.3 Å². The van der Waals surface area contributed by atoms with Crippen LogP contribution in [0.25, 0.3) is 10.9 Å². The maximum atomic E-state index is 12.4. The molecule has 3 rings (SSSR count). The van der Waals surface area contributed by atoms with E-state index in [9.17, 15) is 9.59 Å². The van der Waals surface area contributed by atoms with Gasteiger partial charge in [0.25, 0.3) is 5.91 Å². The number of carbonyl (C=O) groups is 2. The first-order valence-electron chi connectivity index (χ1n) is 8.86. The summed E-state index contributed by atoms with van der Waals surface area (Å²) in [6, 6.07) is 7.78. The summed E-state index contributed by atoms with van der Waals surface area (Å²) in [5, 5.41) is 3.43. The van der Waals surface area contributed by atoms with Crippen molar-refractivity contribution in [3.8, 4) is 0 Å². The molecule has 1 amide bonds. The minimum absolute atomic E-state index is 0.123. The molecule has 0 radical (unpaired) electrons. The Morgan fingerprint density at radius 2 is 2.08 bits per heavy atom. The van der Waals surface area contributed by atoms with E-state index in [0.717, 1.165) is 23.7 Å². The van der Waals surface area contributed by atoms with E-state index in [1.54, 1.807) is 12.3 Å². The van der Waals surface area contributed by atoms with Crippen molar-refractivity contribution in [3.05, 3.63) is 41.6 Å². The monoisotopic (exact) mass is 340 g/mol. The summed E-state index contributed by atoms with van der Waals surface area (Å²) in [5.41, 5.74) is 2.86. The molecule has 1 N–H and O–H groups in total. The molecule has 25 heavy (non-hydrogen) atoms. The molecule has 132 valence electrons. The number of amides is 1.